The number of amides is 1. The normalized spacial score (nSPS) is 16.2. The van der Waals surface area contributed by atoms with Crippen LogP contribution in [0.5, 0.6) is 0 Å². The van der Waals surface area contributed by atoms with Crippen molar-refractivity contribution in [2.24, 2.45) is 0 Å². The number of pyridine rings is 2. The molecule has 4 rings (SSSR count). The third-order valence-electron chi connectivity index (χ3n) is 5.60. The van der Waals surface area contributed by atoms with Gasteiger partial charge in [-0.1, -0.05) is 0 Å². The standard InChI is InChI=1S/C21H22F3N5O3S/c22-21(23,24)13-29-7-4-16(5-8-29)33(31,32)17-2-1-15(26-12-17)11-27-20(30)19-9-14-10-25-6-3-18(14)28-19/h1-3,6,9-10,12,16,28H,4-5,7-8,11,13H2,(H,27,30). The van der Waals surface area contributed by atoms with Gasteiger partial charge in [0, 0.05) is 29.5 Å². The van der Waals surface area contributed by atoms with Gasteiger partial charge in [-0.3, -0.25) is 19.7 Å². The quantitative estimate of drug-likeness (QED) is 0.561. The van der Waals surface area contributed by atoms with E-state index in [1.807, 2.05) is 0 Å². The summed E-state index contributed by atoms with van der Waals surface area (Å²) in [6.07, 6.45) is 0.460. The van der Waals surface area contributed by atoms with Crippen LogP contribution in [-0.2, 0) is 16.4 Å². The SMILES string of the molecule is O=C(NCc1ccc(S(=O)(=O)C2CCN(CC(F)(F)F)CC2)cn1)c1cc2cnccc2[nH]1. The first-order chi connectivity index (χ1) is 15.6. The summed E-state index contributed by atoms with van der Waals surface area (Å²) < 4.78 is 63.3. The number of hydrogen-bond donors (Lipinski definition) is 2. The highest BCUT2D eigenvalue weighted by Crippen LogP contribution is 2.26. The smallest absolute Gasteiger partial charge is 0.350 e. The number of nitrogens with one attached hydrogen (secondary N) is 2. The molecule has 0 atom stereocenters. The van der Waals surface area contributed by atoms with E-state index in [0.29, 0.717) is 11.4 Å². The average Bonchev–Trinajstić information content (AvgIpc) is 3.21. The molecule has 0 aromatic carbocycles. The van der Waals surface area contributed by atoms with Crippen LogP contribution in [0.25, 0.3) is 10.9 Å². The largest absolute Gasteiger partial charge is 0.401 e. The second-order valence-electron chi connectivity index (χ2n) is 7.95. The van der Waals surface area contributed by atoms with Gasteiger partial charge in [-0.15, -0.1) is 0 Å². The van der Waals surface area contributed by atoms with E-state index >= 15 is 0 Å². The van der Waals surface area contributed by atoms with Gasteiger partial charge < -0.3 is 10.3 Å². The lowest BCUT2D eigenvalue weighted by Gasteiger charge is -2.32. The Morgan fingerprint density at radius 1 is 1.18 bits per heavy atom. The monoisotopic (exact) mass is 481 g/mol. The van der Waals surface area contributed by atoms with E-state index in [2.05, 4.69) is 20.3 Å². The van der Waals surface area contributed by atoms with Gasteiger partial charge in [-0.05, 0) is 50.2 Å². The Labute approximate surface area is 188 Å². The van der Waals surface area contributed by atoms with Crippen LogP contribution < -0.4 is 5.32 Å². The zero-order valence-corrected chi connectivity index (χ0v) is 18.3. The number of nitrogens with zero attached hydrogens (tertiary/aromatic N) is 3. The van der Waals surface area contributed by atoms with Gasteiger partial charge in [-0.2, -0.15) is 13.2 Å². The fourth-order valence-corrected chi connectivity index (χ4v) is 5.54. The van der Waals surface area contributed by atoms with Crippen molar-refractivity contribution in [2.45, 2.75) is 35.7 Å². The predicted molar refractivity (Wildman–Crippen MR) is 114 cm³/mol. The fraction of sp³-hybridized carbons (Fsp3) is 0.381. The zero-order valence-electron chi connectivity index (χ0n) is 17.5. The molecule has 0 bridgehead atoms. The molecule has 3 aromatic rings. The highest BCUT2D eigenvalue weighted by Gasteiger charge is 2.36. The Hall–Kier alpha value is -2.99. The number of likely N-dealkylation sites (tertiary alicyclic amines) is 1. The van der Waals surface area contributed by atoms with E-state index in [-0.39, 0.29) is 43.3 Å². The number of sulfone groups is 1. The summed E-state index contributed by atoms with van der Waals surface area (Å²) in [7, 11) is -3.70. The fourth-order valence-electron chi connectivity index (χ4n) is 3.87. The van der Waals surface area contributed by atoms with Crippen LogP contribution in [0.3, 0.4) is 0 Å². The van der Waals surface area contributed by atoms with Crippen LogP contribution in [0.4, 0.5) is 13.2 Å². The predicted octanol–water partition coefficient (Wildman–Crippen LogP) is 2.69. The first-order valence-corrected chi connectivity index (χ1v) is 11.9. The van der Waals surface area contributed by atoms with Crippen LogP contribution in [0, 0.1) is 0 Å². The Balaban J connectivity index is 1.34. The molecule has 2 N–H and O–H groups in total. The van der Waals surface area contributed by atoms with E-state index in [9.17, 15) is 26.4 Å². The van der Waals surface area contributed by atoms with Gasteiger partial charge in [0.2, 0.25) is 0 Å². The summed E-state index contributed by atoms with van der Waals surface area (Å²) in [5.74, 6) is -0.338. The van der Waals surface area contributed by atoms with Gasteiger partial charge in [-0.25, -0.2) is 8.42 Å². The third-order valence-corrected chi connectivity index (χ3v) is 7.85. The number of alkyl halides is 3. The summed E-state index contributed by atoms with van der Waals surface area (Å²) in [6.45, 7) is -0.782. The summed E-state index contributed by atoms with van der Waals surface area (Å²) in [4.78, 5) is 24.8. The Bertz CT molecular complexity index is 1200. The number of H-pyrrole nitrogens is 1. The maximum atomic E-state index is 12.9. The number of rotatable bonds is 6. The van der Waals surface area contributed by atoms with Gasteiger partial charge in [0.25, 0.3) is 5.91 Å². The number of hydrogen-bond acceptors (Lipinski definition) is 6. The number of halogens is 3. The van der Waals surface area contributed by atoms with Crippen LogP contribution in [0.15, 0.2) is 47.8 Å². The van der Waals surface area contributed by atoms with Gasteiger partial charge in [0.1, 0.15) is 5.69 Å². The summed E-state index contributed by atoms with van der Waals surface area (Å²) >= 11 is 0. The maximum Gasteiger partial charge on any atom is 0.401 e. The van der Waals surface area contributed by atoms with Crippen molar-refractivity contribution in [2.75, 3.05) is 19.6 Å². The molecule has 1 aliphatic heterocycles. The molecule has 8 nitrogen and oxygen atoms in total. The van der Waals surface area contributed by atoms with Crippen molar-refractivity contribution in [1.29, 1.82) is 0 Å². The van der Waals surface area contributed by atoms with Gasteiger partial charge in [0.05, 0.1) is 28.9 Å². The summed E-state index contributed by atoms with van der Waals surface area (Å²) in [5, 5.41) is 2.78. The molecule has 1 saturated heterocycles. The highest BCUT2D eigenvalue weighted by molar-refractivity contribution is 7.92. The zero-order chi connectivity index (χ0) is 23.6. The summed E-state index contributed by atoms with van der Waals surface area (Å²) in [5.41, 5.74) is 1.63. The number of carbonyl (C=O) groups is 1. The minimum atomic E-state index is -4.30. The second-order valence-corrected chi connectivity index (χ2v) is 10.2. The second kappa shape index (κ2) is 9.10. The molecular formula is C21H22F3N5O3S. The molecule has 12 heteroatoms. The van der Waals surface area contributed by atoms with Crippen LogP contribution in [0.1, 0.15) is 29.0 Å². The van der Waals surface area contributed by atoms with Crippen molar-refractivity contribution < 1.29 is 26.4 Å². The molecule has 0 aliphatic carbocycles. The molecule has 1 amide bonds. The van der Waals surface area contributed by atoms with Gasteiger partial charge >= 0.3 is 6.18 Å². The van der Waals surface area contributed by atoms with Crippen molar-refractivity contribution in [1.82, 2.24) is 25.2 Å². The number of aromatic amines is 1. The van der Waals surface area contributed by atoms with Crippen LogP contribution in [0.2, 0.25) is 0 Å². The van der Waals surface area contributed by atoms with E-state index in [1.54, 1.807) is 24.5 Å². The first kappa shape index (κ1) is 23.2. The molecular weight excluding hydrogens is 459 g/mol. The molecule has 0 radical (unpaired) electrons. The van der Waals surface area contributed by atoms with Crippen LogP contribution >= 0.6 is 0 Å². The van der Waals surface area contributed by atoms with E-state index in [4.69, 9.17) is 0 Å². The minimum Gasteiger partial charge on any atom is -0.350 e. The lowest BCUT2D eigenvalue weighted by Crippen LogP contribution is -2.43. The summed E-state index contributed by atoms with van der Waals surface area (Å²) in [6, 6.07) is 6.37. The highest BCUT2D eigenvalue weighted by atomic mass is 32.2. The van der Waals surface area contributed by atoms with Crippen molar-refractivity contribution in [3.05, 3.63) is 54.2 Å². The molecule has 1 fully saturated rings. The van der Waals surface area contributed by atoms with E-state index in [0.717, 1.165) is 10.9 Å². The molecule has 0 saturated carbocycles. The Morgan fingerprint density at radius 2 is 1.94 bits per heavy atom. The number of piperidine rings is 1. The molecule has 33 heavy (non-hydrogen) atoms. The lowest BCUT2D eigenvalue weighted by atomic mass is 10.1. The molecule has 0 unspecified atom stereocenters. The number of aromatic nitrogens is 3. The number of carbonyl (C=O) groups excluding carboxylic acids is 1. The minimum absolute atomic E-state index is 0.0231. The van der Waals surface area contributed by atoms with Crippen molar-refractivity contribution >= 4 is 26.6 Å². The van der Waals surface area contributed by atoms with Crippen molar-refractivity contribution in [3.63, 3.8) is 0 Å². The molecule has 0 spiro atoms. The molecule has 176 valence electrons. The Kier molecular flexibility index (Phi) is 6.39. The molecule has 3 aromatic heterocycles. The van der Waals surface area contributed by atoms with Crippen molar-refractivity contribution in [3.8, 4) is 0 Å². The molecule has 4 heterocycles. The Morgan fingerprint density at radius 3 is 2.58 bits per heavy atom. The maximum absolute atomic E-state index is 12.9. The van der Waals surface area contributed by atoms with Crippen LogP contribution in [-0.4, -0.2) is 65.2 Å². The molecule has 1 aliphatic rings. The first-order valence-electron chi connectivity index (χ1n) is 10.3. The third kappa shape index (κ3) is 5.50. The topological polar surface area (TPSA) is 108 Å². The average molecular weight is 482 g/mol. The van der Waals surface area contributed by atoms with Gasteiger partial charge in [0.15, 0.2) is 9.84 Å². The van der Waals surface area contributed by atoms with E-state index in [1.165, 1.54) is 23.2 Å². The van der Waals surface area contributed by atoms with E-state index < -0.39 is 27.8 Å². The number of fused-ring (bicyclic) bond motifs is 1. The lowest BCUT2D eigenvalue weighted by molar-refractivity contribution is -0.147.